The smallest absolute Gasteiger partial charge is 0.442 e. The first-order valence-electron chi connectivity index (χ1n) is 10.3. The SMILES string of the molecule is COc1ccc(C(=O)N[C@]2(C(F)(F)F)N=C(c3ccccc3)N(Cc3ccccc3)C2=O)cc1. The highest BCUT2D eigenvalue weighted by Gasteiger charge is 2.67. The average molecular weight is 467 g/mol. The fourth-order valence-corrected chi connectivity index (χ4v) is 3.59. The number of alkyl halides is 3. The number of halogens is 3. The maximum absolute atomic E-state index is 14.5. The lowest BCUT2D eigenvalue weighted by Gasteiger charge is -2.29. The number of amidine groups is 1. The Balaban J connectivity index is 1.78. The number of aliphatic imine (C=N–C) groups is 1. The first-order valence-corrected chi connectivity index (χ1v) is 10.3. The van der Waals surface area contributed by atoms with Gasteiger partial charge in [0.15, 0.2) is 0 Å². The van der Waals surface area contributed by atoms with Gasteiger partial charge in [0.1, 0.15) is 11.6 Å². The third kappa shape index (κ3) is 4.24. The average Bonchev–Trinajstić information content (AvgIpc) is 3.12. The van der Waals surface area contributed by atoms with Crippen LogP contribution in [-0.2, 0) is 11.3 Å². The lowest BCUT2D eigenvalue weighted by molar-refractivity contribution is -0.196. The summed E-state index contributed by atoms with van der Waals surface area (Å²) < 4.78 is 48.4. The van der Waals surface area contributed by atoms with E-state index in [9.17, 15) is 22.8 Å². The highest BCUT2D eigenvalue weighted by atomic mass is 19.4. The van der Waals surface area contributed by atoms with E-state index in [4.69, 9.17) is 4.74 Å². The highest BCUT2D eigenvalue weighted by Crippen LogP contribution is 2.39. The zero-order chi connectivity index (χ0) is 24.3. The molecule has 0 fully saturated rings. The number of carbonyl (C=O) groups excluding carboxylic acids is 2. The van der Waals surface area contributed by atoms with E-state index < -0.39 is 23.7 Å². The summed E-state index contributed by atoms with van der Waals surface area (Å²) in [5, 5.41) is 1.87. The van der Waals surface area contributed by atoms with Crippen molar-refractivity contribution in [3.8, 4) is 5.75 Å². The molecule has 0 unspecified atom stereocenters. The van der Waals surface area contributed by atoms with Crippen LogP contribution in [0.4, 0.5) is 13.2 Å². The van der Waals surface area contributed by atoms with Gasteiger partial charge >= 0.3 is 11.8 Å². The Hall–Kier alpha value is -4.14. The second-order valence-corrected chi connectivity index (χ2v) is 7.57. The molecule has 0 saturated carbocycles. The fraction of sp³-hybridized carbons (Fsp3) is 0.160. The van der Waals surface area contributed by atoms with Crippen molar-refractivity contribution in [3.63, 3.8) is 0 Å². The molecular weight excluding hydrogens is 447 g/mol. The lowest BCUT2D eigenvalue weighted by atomic mass is 10.1. The molecule has 6 nitrogen and oxygen atoms in total. The van der Waals surface area contributed by atoms with Crippen molar-refractivity contribution in [1.82, 2.24) is 10.2 Å². The summed E-state index contributed by atoms with van der Waals surface area (Å²) in [4.78, 5) is 31.0. The Labute approximate surface area is 193 Å². The summed E-state index contributed by atoms with van der Waals surface area (Å²) in [5.41, 5.74) is -2.62. The molecule has 0 saturated heterocycles. The Bertz CT molecular complexity index is 1210. The Morgan fingerprint density at radius 3 is 2.12 bits per heavy atom. The molecule has 2 amide bonds. The number of amides is 2. The lowest BCUT2D eigenvalue weighted by Crippen LogP contribution is -2.63. The summed E-state index contributed by atoms with van der Waals surface area (Å²) >= 11 is 0. The molecule has 0 bridgehead atoms. The van der Waals surface area contributed by atoms with Crippen molar-refractivity contribution >= 4 is 17.6 Å². The number of rotatable bonds is 6. The van der Waals surface area contributed by atoms with E-state index in [2.05, 4.69) is 4.99 Å². The van der Waals surface area contributed by atoms with Crippen LogP contribution >= 0.6 is 0 Å². The summed E-state index contributed by atoms with van der Waals surface area (Å²) in [6, 6.07) is 22.2. The molecule has 1 atom stereocenters. The van der Waals surface area contributed by atoms with Crippen molar-refractivity contribution < 1.29 is 27.5 Å². The Kier molecular flexibility index (Phi) is 6.10. The summed E-state index contributed by atoms with van der Waals surface area (Å²) in [6.45, 7) is -0.149. The van der Waals surface area contributed by atoms with Gasteiger partial charge in [0.05, 0.1) is 13.7 Å². The van der Waals surface area contributed by atoms with Gasteiger partial charge in [-0.3, -0.25) is 14.5 Å². The number of benzene rings is 3. The molecule has 1 N–H and O–H groups in total. The molecule has 1 heterocycles. The molecule has 4 rings (SSSR count). The normalized spacial score (nSPS) is 17.9. The third-order valence-electron chi connectivity index (χ3n) is 5.36. The molecule has 0 aromatic heterocycles. The predicted octanol–water partition coefficient (Wildman–Crippen LogP) is 4.17. The van der Waals surface area contributed by atoms with Gasteiger partial charge in [0.25, 0.3) is 11.8 Å². The Morgan fingerprint density at radius 2 is 1.56 bits per heavy atom. The fourth-order valence-electron chi connectivity index (χ4n) is 3.59. The molecule has 174 valence electrons. The van der Waals surface area contributed by atoms with Crippen LogP contribution in [0.15, 0.2) is 89.9 Å². The third-order valence-corrected chi connectivity index (χ3v) is 5.36. The van der Waals surface area contributed by atoms with Gasteiger partial charge in [-0.05, 0) is 29.8 Å². The number of hydrogen-bond donors (Lipinski definition) is 1. The highest BCUT2D eigenvalue weighted by molar-refractivity contribution is 6.16. The molecule has 3 aromatic rings. The zero-order valence-corrected chi connectivity index (χ0v) is 18.0. The quantitative estimate of drug-likeness (QED) is 0.592. The van der Waals surface area contributed by atoms with Crippen molar-refractivity contribution in [2.45, 2.75) is 18.4 Å². The van der Waals surface area contributed by atoms with Gasteiger partial charge in [-0.2, -0.15) is 13.2 Å². The predicted molar refractivity (Wildman–Crippen MR) is 119 cm³/mol. The monoisotopic (exact) mass is 467 g/mol. The van der Waals surface area contributed by atoms with Crippen molar-refractivity contribution in [2.24, 2.45) is 4.99 Å². The number of hydrogen-bond acceptors (Lipinski definition) is 4. The molecule has 1 aliphatic rings. The molecule has 3 aromatic carbocycles. The van der Waals surface area contributed by atoms with Gasteiger partial charge in [-0.1, -0.05) is 60.7 Å². The molecule has 9 heteroatoms. The maximum Gasteiger partial charge on any atom is 0.442 e. The number of nitrogens with zero attached hydrogens (tertiary/aromatic N) is 2. The minimum Gasteiger partial charge on any atom is -0.497 e. The van der Waals surface area contributed by atoms with Crippen LogP contribution in [0.1, 0.15) is 21.5 Å². The maximum atomic E-state index is 14.5. The minimum absolute atomic E-state index is 0.0739. The largest absolute Gasteiger partial charge is 0.497 e. The molecule has 0 aliphatic carbocycles. The second-order valence-electron chi connectivity index (χ2n) is 7.57. The van der Waals surface area contributed by atoms with Gasteiger partial charge in [-0.25, -0.2) is 4.99 Å². The van der Waals surface area contributed by atoms with Crippen LogP contribution in [0.25, 0.3) is 0 Å². The van der Waals surface area contributed by atoms with Crippen LogP contribution in [-0.4, -0.2) is 41.5 Å². The number of ether oxygens (including phenoxy) is 1. The second kappa shape index (κ2) is 9.01. The van der Waals surface area contributed by atoms with E-state index in [1.54, 1.807) is 60.7 Å². The van der Waals surface area contributed by atoms with E-state index in [1.807, 2.05) is 5.32 Å². The van der Waals surface area contributed by atoms with Crippen molar-refractivity contribution in [2.75, 3.05) is 7.11 Å². The molecular formula is C25H20F3N3O3. The van der Waals surface area contributed by atoms with Crippen LogP contribution in [0, 0.1) is 0 Å². The standard InChI is InChI=1S/C25H20F3N3O3/c1-34-20-14-12-19(13-15-20)22(32)30-24(25(26,27)28)23(33)31(16-17-8-4-2-5-9-17)21(29-24)18-10-6-3-7-11-18/h2-15H,16H2,1H3,(H,30,32)/t24-/m1/s1. The van der Waals surface area contributed by atoms with Gasteiger partial charge in [0.2, 0.25) is 0 Å². The van der Waals surface area contributed by atoms with E-state index in [0.717, 1.165) is 4.90 Å². The summed E-state index contributed by atoms with van der Waals surface area (Å²) in [6.07, 6.45) is -5.20. The zero-order valence-electron chi connectivity index (χ0n) is 18.0. The van der Waals surface area contributed by atoms with Gasteiger partial charge in [-0.15, -0.1) is 0 Å². The van der Waals surface area contributed by atoms with Crippen LogP contribution in [0.5, 0.6) is 5.75 Å². The molecule has 34 heavy (non-hydrogen) atoms. The van der Waals surface area contributed by atoms with Crippen molar-refractivity contribution in [1.29, 1.82) is 0 Å². The van der Waals surface area contributed by atoms with E-state index in [-0.39, 0.29) is 17.9 Å². The van der Waals surface area contributed by atoms with Gasteiger partial charge < -0.3 is 10.1 Å². The number of methoxy groups -OCH3 is 1. The van der Waals surface area contributed by atoms with Crippen LogP contribution < -0.4 is 10.1 Å². The van der Waals surface area contributed by atoms with Crippen LogP contribution in [0.3, 0.4) is 0 Å². The molecule has 1 aliphatic heterocycles. The first kappa shape index (κ1) is 23.0. The molecule has 0 radical (unpaired) electrons. The topological polar surface area (TPSA) is 71.0 Å². The Morgan fingerprint density at radius 1 is 0.971 bits per heavy atom. The van der Waals surface area contributed by atoms with E-state index in [1.165, 1.54) is 31.4 Å². The van der Waals surface area contributed by atoms with Crippen LogP contribution in [0.2, 0.25) is 0 Å². The van der Waals surface area contributed by atoms with E-state index >= 15 is 0 Å². The van der Waals surface area contributed by atoms with E-state index in [0.29, 0.717) is 16.9 Å². The minimum atomic E-state index is -5.20. The summed E-state index contributed by atoms with van der Waals surface area (Å²) in [5.74, 6) is -2.23. The van der Waals surface area contributed by atoms with Crippen molar-refractivity contribution in [3.05, 3.63) is 102 Å². The summed E-state index contributed by atoms with van der Waals surface area (Å²) in [7, 11) is 1.42. The van der Waals surface area contributed by atoms with Gasteiger partial charge in [0, 0.05) is 11.1 Å². The number of nitrogens with one attached hydrogen (secondary N) is 1. The first-order chi connectivity index (χ1) is 16.2. The number of carbonyl (C=O) groups is 2. The molecule has 0 spiro atoms.